The average Bonchev–Trinajstić information content (AvgIpc) is 3.00. The zero-order valence-corrected chi connectivity index (χ0v) is 13.4. The van der Waals surface area contributed by atoms with Crippen molar-refractivity contribution >= 4 is 11.9 Å². The van der Waals surface area contributed by atoms with Crippen molar-refractivity contribution < 1.29 is 23.5 Å². The van der Waals surface area contributed by atoms with E-state index in [4.69, 9.17) is 9.47 Å². The number of cyclic esters (lactones) is 1. The number of dihydropyridines is 1. The molecule has 6 nitrogen and oxygen atoms in total. The van der Waals surface area contributed by atoms with Gasteiger partial charge in [-0.3, -0.25) is 4.98 Å². The first-order valence-electron chi connectivity index (χ1n) is 7.59. The maximum atomic E-state index is 13.6. The van der Waals surface area contributed by atoms with Crippen LogP contribution in [0, 0.1) is 0 Å². The summed E-state index contributed by atoms with van der Waals surface area (Å²) < 4.78 is 23.5. The lowest BCUT2D eigenvalue weighted by Gasteiger charge is -2.28. The number of esters is 2. The Labute approximate surface area is 138 Å². The second-order valence-corrected chi connectivity index (χ2v) is 5.47. The summed E-state index contributed by atoms with van der Waals surface area (Å²) in [5, 5.41) is 2.82. The molecule has 0 aromatic carbocycles. The van der Waals surface area contributed by atoms with E-state index in [2.05, 4.69) is 10.3 Å². The number of pyridine rings is 1. The summed E-state index contributed by atoms with van der Waals surface area (Å²) in [7, 11) is 1.23. The van der Waals surface area contributed by atoms with Gasteiger partial charge in [-0.15, -0.1) is 0 Å². The van der Waals surface area contributed by atoms with Gasteiger partial charge >= 0.3 is 11.9 Å². The molecule has 0 spiro atoms. The van der Waals surface area contributed by atoms with Crippen LogP contribution in [0.25, 0.3) is 0 Å². The lowest BCUT2D eigenvalue weighted by molar-refractivity contribution is -0.136. The van der Waals surface area contributed by atoms with E-state index < -0.39 is 24.5 Å². The third kappa shape index (κ3) is 2.46. The van der Waals surface area contributed by atoms with Crippen LogP contribution >= 0.6 is 0 Å². The van der Waals surface area contributed by atoms with Gasteiger partial charge in [0.15, 0.2) is 0 Å². The predicted molar refractivity (Wildman–Crippen MR) is 82.5 cm³/mol. The molecule has 0 aliphatic carbocycles. The zero-order chi connectivity index (χ0) is 17.3. The number of methoxy groups -OCH3 is 1. The first-order chi connectivity index (χ1) is 11.6. The minimum Gasteiger partial charge on any atom is -0.466 e. The molecule has 1 atom stereocenters. The average molecular weight is 332 g/mol. The molecular weight excluding hydrogens is 315 g/mol. The molecule has 1 aromatic rings. The quantitative estimate of drug-likeness (QED) is 0.843. The third-order valence-electron chi connectivity index (χ3n) is 4.27. The normalized spacial score (nSPS) is 19.8. The third-order valence-corrected chi connectivity index (χ3v) is 4.27. The molecule has 0 saturated heterocycles. The topological polar surface area (TPSA) is 77.5 Å². The van der Waals surface area contributed by atoms with Gasteiger partial charge in [0.1, 0.15) is 13.3 Å². The summed E-state index contributed by atoms with van der Waals surface area (Å²) in [5.41, 5.74) is 2.57. The second-order valence-electron chi connectivity index (χ2n) is 5.47. The minimum absolute atomic E-state index is 0.0321. The summed E-state index contributed by atoms with van der Waals surface area (Å²) in [4.78, 5) is 28.7. The van der Waals surface area contributed by atoms with E-state index in [1.807, 2.05) is 13.0 Å². The number of aromatic nitrogens is 1. The van der Waals surface area contributed by atoms with Crippen LogP contribution in [-0.4, -0.2) is 37.3 Å². The van der Waals surface area contributed by atoms with Crippen molar-refractivity contribution in [3.8, 4) is 0 Å². The van der Waals surface area contributed by atoms with Gasteiger partial charge in [0.2, 0.25) is 0 Å². The van der Waals surface area contributed by atoms with Gasteiger partial charge in [-0.2, -0.15) is 0 Å². The first-order valence-corrected chi connectivity index (χ1v) is 7.59. The number of halogens is 1. The van der Waals surface area contributed by atoms with Crippen LogP contribution in [0.2, 0.25) is 0 Å². The Bertz CT molecular complexity index is 770. The Balaban J connectivity index is 2.25. The van der Waals surface area contributed by atoms with Crippen LogP contribution in [-0.2, 0) is 25.5 Å². The van der Waals surface area contributed by atoms with Crippen LogP contribution in [0.15, 0.2) is 41.0 Å². The molecule has 2 aliphatic rings. The number of nitrogens with one attached hydrogen (secondary N) is 1. The second kappa shape index (κ2) is 6.43. The molecule has 126 valence electrons. The van der Waals surface area contributed by atoms with E-state index in [1.165, 1.54) is 7.11 Å². The molecule has 24 heavy (non-hydrogen) atoms. The molecule has 7 heteroatoms. The Morgan fingerprint density at radius 3 is 3.00 bits per heavy atom. The van der Waals surface area contributed by atoms with Gasteiger partial charge in [0.25, 0.3) is 0 Å². The van der Waals surface area contributed by atoms with Gasteiger partial charge in [-0.05, 0) is 23.6 Å². The van der Waals surface area contributed by atoms with E-state index >= 15 is 0 Å². The van der Waals surface area contributed by atoms with E-state index in [1.54, 1.807) is 12.4 Å². The first kappa shape index (κ1) is 16.2. The molecule has 0 saturated carbocycles. The van der Waals surface area contributed by atoms with Crippen LogP contribution in [0.1, 0.15) is 24.0 Å². The Hall–Kier alpha value is -2.70. The summed E-state index contributed by atoms with van der Waals surface area (Å²) in [6, 6.07) is 1.82. The van der Waals surface area contributed by atoms with Crippen molar-refractivity contribution in [3.05, 3.63) is 52.1 Å². The number of allylic oxidation sites excluding steroid dienone is 1. The summed E-state index contributed by atoms with van der Waals surface area (Å²) in [6.07, 6.45) is 3.92. The van der Waals surface area contributed by atoms with Gasteiger partial charge in [-0.25, -0.2) is 14.0 Å². The number of nitrogens with zero attached hydrogens (tertiary/aromatic N) is 1. The fourth-order valence-corrected chi connectivity index (χ4v) is 3.16. The molecule has 0 radical (unpaired) electrons. The van der Waals surface area contributed by atoms with E-state index in [-0.39, 0.29) is 17.9 Å². The van der Waals surface area contributed by atoms with Gasteiger partial charge < -0.3 is 14.8 Å². The van der Waals surface area contributed by atoms with Crippen molar-refractivity contribution in [1.29, 1.82) is 0 Å². The maximum Gasteiger partial charge on any atom is 0.337 e. The smallest absolute Gasteiger partial charge is 0.337 e. The highest BCUT2D eigenvalue weighted by Gasteiger charge is 2.43. The highest BCUT2D eigenvalue weighted by atomic mass is 19.1. The van der Waals surface area contributed by atoms with E-state index in [9.17, 15) is 14.0 Å². The van der Waals surface area contributed by atoms with E-state index in [0.29, 0.717) is 23.3 Å². The number of aryl methyl sites for hydroxylation is 1. The van der Waals surface area contributed by atoms with Crippen LogP contribution in [0.4, 0.5) is 4.39 Å². The Morgan fingerprint density at radius 2 is 2.33 bits per heavy atom. The van der Waals surface area contributed by atoms with Crippen molar-refractivity contribution in [2.75, 3.05) is 20.4 Å². The summed E-state index contributed by atoms with van der Waals surface area (Å²) >= 11 is 0. The number of rotatable bonds is 4. The Kier molecular flexibility index (Phi) is 4.33. The molecule has 0 bridgehead atoms. The number of carbonyl (C=O) groups excluding carboxylic acids is 2. The number of alkyl halides is 1. The summed E-state index contributed by atoms with van der Waals surface area (Å²) in [5.74, 6) is -1.96. The van der Waals surface area contributed by atoms with Crippen molar-refractivity contribution in [2.45, 2.75) is 19.3 Å². The lowest BCUT2D eigenvalue weighted by atomic mass is 9.79. The molecule has 0 fully saturated rings. The van der Waals surface area contributed by atoms with Crippen molar-refractivity contribution in [3.63, 3.8) is 0 Å². The fraction of sp³-hybridized carbons (Fsp3) is 0.353. The lowest BCUT2D eigenvalue weighted by Crippen LogP contribution is -2.32. The van der Waals surface area contributed by atoms with Gasteiger partial charge in [0, 0.05) is 12.4 Å². The minimum atomic E-state index is -0.881. The molecule has 1 aromatic heterocycles. The Morgan fingerprint density at radius 1 is 1.54 bits per heavy atom. The number of ether oxygens (including phenoxy) is 2. The zero-order valence-electron chi connectivity index (χ0n) is 13.4. The molecule has 0 unspecified atom stereocenters. The van der Waals surface area contributed by atoms with Crippen LogP contribution in [0.5, 0.6) is 0 Å². The van der Waals surface area contributed by atoms with Crippen LogP contribution in [0.3, 0.4) is 0 Å². The van der Waals surface area contributed by atoms with Crippen LogP contribution < -0.4 is 5.32 Å². The fourth-order valence-electron chi connectivity index (χ4n) is 3.16. The standard InChI is InChI=1S/C17H17FN2O4/c1-3-9-4-5-19-7-10(9)13-14(16(21)23-2)11(6-18)20-12-8-24-17(22)15(12)13/h4-5,7,13,20H,3,6,8H2,1-2H3/t13-/m0/s1. The predicted octanol–water partition coefficient (Wildman–Crippen LogP) is 1.54. The molecule has 2 aliphatic heterocycles. The largest absolute Gasteiger partial charge is 0.466 e. The monoisotopic (exact) mass is 332 g/mol. The summed E-state index contributed by atoms with van der Waals surface area (Å²) in [6.45, 7) is 1.11. The maximum absolute atomic E-state index is 13.6. The molecule has 1 N–H and O–H groups in total. The van der Waals surface area contributed by atoms with Crippen molar-refractivity contribution in [1.82, 2.24) is 10.3 Å². The number of hydrogen-bond donors (Lipinski definition) is 1. The molecule has 0 amide bonds. The SMILES string of the molecule is CCc1ccncc1[C@H]1C(C(=O)OC)=C(CF)NC2=C1C(=O)OC2. The molecule has 3 heterocycles. The van der Waals surface area contributed by atoms with E-state index in [0.717, 1.165) is 5.56 Å². The molecule has 3 rings (SSSR count). The number of carbonyl (C=O) groups is 2. The number of hydrogen-bond acceptors (Lipinski definition) is 6. The van der Waals surface area contributed by atoms with Gasteiger partial charge in [-0.1, -0.05) is 6.92 Å². The highest BCUT2D eigenvalue weighted by molar-refractivity contribution is 6.01. The van der Waals surface area contributed by atoms with Crippen molar-refractivity contribution in [2.24, 2.45) is 0 Å². The highest BCUT2D eigenvalue weighted by Crippen LogP contribution is 2.42. The van der Waals surface area contributed by atoms with Gasteiger partial charge in [0.05, 0.1) is 35.6 Å². The molecular formula is C17H17FN2O4.